The van der Waals surface area contributed by atoms with Gasteiger partial charge in [0.25, 0.3) is 5.91 Å². The lowest BCUT2D eigenvalue weighted by molar-refractivity contribution is 0.0513. The summed E-state index contributed by atoms with van der Waals surface area (Å²) in [5.41, 5.74) is 2.49. The van der Waals surface area contributed by atoms with Gasteiger partial charge in [-0.2, -0.15) is 0 Å². The maximum absolute atomic E-state index is 13.0. The minimum absolute atomic E-state index is 0.251. The van der Waals surface area contributed by atoms with Crippen molar-refractivity contribution >= 4 is 17.6 Å². The van der Waals surface area contributed by atoms with E-state index in [0.717, 1.165) is 0 Å². The Labute approximate surface area is 164 Å². The molecule has 1 amide bonds. The molecular formula is C21H26N2O5. The number of rotatable bonds is 8. The summed E-state index contributed by atoms with van der Waals surface area (Å²) in [7, 11) is 3.07. The molecule has 28 heavy (non-hydrogen) atoms. The van der Waals surface area contributed by atoms with E-state index in [2.05, 4.69) is 11.9 Å². The number of amides is 1. The Morgan fingerprint density at radius 1 is 1.21 bits per heavy atom. The van der Waals surface area contributed by atoms with Crippen molar-refractivity contribution in [1.29, 1.82) is 0 Å². The molecule has 0 spiro atoms. The zero-order chi connectivity index (χ0) is 20.8. The Balaban J connectivity index is 2.47. The number of carbonyl (C=O) groups excluding carboxylic acids is 2. The summed E-state index contributed by atoms with van der Waals surface area (Å²) in [6, 6.07) is 5.11. The number of aromatic nitrogens is 1. The molecule has 1 aromatic heterocycles. The summed E-state index contributed by atoms with van der Waals surface area (Å²) in [4.78, 5) is 25.5. The molecule has 0 aliphatic heterocycles. The van der Waals surface area contributed by atoms with Crippen molar-refractivity contribution in [1.82, 2.24) is 4.57 Å². The van der Waals surface area contributed by atoms with Crippen LogP contribution >= 0.6 is 0 Å². The number of methoxy groups -OCH3 is 2. The van der Waals surface area contributed by atoms with Gasteiger partial charge in [0, 0.05) is 18.3 Å². The van der Waals surface area contributed by atoms with Gasteiger partial charge in [0.1, 0.15) is 17.2 Å². The second-order valence-corrected chi connectivity index (χ2v) is 6.07. The molecule has 0 aliphatic carbocycles. The molecule has 0 aliphatic rings. The van der Waals surface area contributed by atoms with Crippen LogP contribution in [0.25, 0.3) is 0 Å². The summed E-state index contributed by atoms with van der Waals surface area (Å²) < 4.78 is 17.4. The number of nitrogens with zero attached hydrogens (tertiary/aromatic N) is 1. The first-order valence-electron chi connectivity index (χ1n) is 8.90. The van der Waals surface area contributed by atoms with Crippen LogP contribution in [0.2, 0.25) is 0 Å². The summed E-state index contributed by atoms with van der Waals surface area (Å²) in [5, 5.41) is 2.85. The van der Waals surface area contributed by atoms with Crippen molar-refractivity contribution in [2.75, 3.05) is 26.1 Å². The monoisotopic (exact) mass is 386 g/mol. The Bertz CT molecular complexity index is 899. The number of allylic oxidation sites excluding steroid dienone is 1. The molecule has 0 radical (unpaired) electrons. The molecule has 1 aromatic carbocycles. The Kier molecular flexibility index (Phi) is 6.87. The lowest BCUT2D eigenvalue weighted by Gasteiger charge is -2.12. The number of benzene rings is 1. The number of esters is 1. The van der Waals surface area contributed by atoms with Gasteiger partial charge < -0.3 is 24.1 Å². The lowest BCUT2D eigenvalue weighted by Crippen LogP contribution is -2.15. The summed E-state index contributed by atoms with van der Waals surface area (Å²) in [6.07, 6.45) is 1.67. The van der Waals surface area contributed by atoms with Crippen molar-refractivity contribution in [2.24, 2.45) is 0 Å². The SMILES string of the molecule is C=CCn1c(C)c(C(=O)Nc2ccc(OC)cc2OC)c(C)c1C(=O)OCC. The third-order valence-corrected chi connectivity index (χ3v) is 4.43. The molecule has 1 heterocycles. The Morgan fingerprint density at radius 3 is 2.50 bits per heavy atom. The lowest BCUT2D eigenvalue weighted by atomic mass is 10.1. The van der Waals surface area contributed by atoms with E-state index in [1.165, 1.54) is 7.11 Å². The van der Waals surface area contributed by atoms with Crippen molar-refractivity contribution in [2.45, 2.75) is 27.3 Å². The first kappa shape index (κ1) is 21.1. The van der Waals surface area contributed by atoms with Crippen LogP contribution in [-0.2, 0) is 11.3 Å². The van der Waals surface area contributed by atoms with Gasteiger partial charge >= 0.3 is 5.97 Å². The zero-order valence-corrected chi connectivity index (χ0v) is 16.9. The Morgan fingerprint density at radius 2 is 1.93 bits per heavy atom. The highest BCUT2D eigenvalue weighted by atomic mass is 16.5. The standard InChI is InChI=1S/C21H26N2O5/c1-7-11-23-14(4)18(13(3)19(23)21(25)28-8-2)20(24)22-16-10-9-15(26-5)12-17(16)27-6/h7,9-10,12H,1,8,11H2,2-6H3,(H,22,24). The van der Waals surface area contributed by atoms with E-state index in [0.29, 0.717) is 46.2 Å². The van der Waals surface area contributed by atoms with Crippen LogP contribution in [0.5, 0.6) is 11.5 Å². The van der Waals surface area contributed by atoms with Crippen LogP contribution in [-0.4, -0.2) is 37.3 Å². The number of hydrogen-bond donors (Lipinski definition) is 1. The van der Waals surface area contributed by atoms with E-state index in [9.17, 15) is 9.59 Å². The Hall–Kier alpha value is -3.22. The maximum atomic E-state index is 13.0. The largest absolute Gasteiger partial charge is 0.497 e. The van der Waals surface area contributed by atoms with E-state index in [4.69, 9.17) is 14.2 Å². The fraction of sp³-hybridized carbons (Fsp3) is 0.333. The van der Waals surface area contributed by atoms with E-state index >= 15 is 0 Å². The maximum Gasteiger partial charge on any atom is 0.355 e. The van der Waals surface area contributed by atoms with Crippen molar-refractivity contribution < 1.29 is 23.8 Å². The van der Waals surface area contributed by atoms with Gasteiger partial charge in [-0.25, -0.2) is 4.79 Å². The third-order valence-electron chi connectivity index (χ3n) is 4.43. The predicted molar refractivity (Wildman–Crippen MR) is 108 cm³/mol. The molecule has 0 unspecified atom stereocenters. The van der Waals surface area contributed by atoms with Crippen molar-refractivity contribution in [3.05, 3.63) is 53.4 Å². The number of carbonyl (C=O) groups is 2. The van der Waals surface area contributed by atoms with Crippen LogP contribution in [0.4, 0.5) is 5.69 Å². The fourth-order valence-corrected chi connectivity index (χ4v) is 3.14. The molecule has 2 aromatic rings. The van der Waals surface area contributed by atoms with Crippen LogP contribution in [0.15, 0.2) is 30.9 Å². The molecule has 1 N–H and O–H groups in total. The topological polar surface area (TPSA) is 78.8 Å². The molecule has 0 fully saturated rings. The van der Waals surface area contributed by atoms with E-state index < -0.39 is 5.97 Å². The average molecular weight is 386 g/mol. The molecule has 7 heteroatoms. The van der Waals surface area contributed by atoms with Crippen LogP contribution in [0.1, 0.15) is 39.0 Å². The van der Waals surface area contributed by atoms with Gasteiger partial charge in [-0.3, -0.25) is 4.79 Å². The molecule has 0 saturated carbocycles. The molecular weight excluding hydrogens is 360 g/mol. The van der Waals surface area contributed by atoms with Crippen LogP contribution < -0.4 is 14.8 Å². The summed E-state index contributed by atoms with van der Waals surface area (Å²) in [5.74, 6) is 0.279. The highest BCUT2D eigenvalue weighted by Gasteiger charge is 2.27. The molecule has 0 atom stereocenters. The van der Waals surface area contributed by atoms with Gasteiger partial charge in [-0.1, -0.05) is 6.08 Å². The molecule has 150 valence electrons. The number of anilines is 1. The third kappa shape index (κ3) is 4.03. The van der Waals surface area contributed by atoms with Gasteiger partial charge in [0.05, 0.1) is 32.1 Å². The fourth-order valence-electron chi connectivity index (χ4n) is 3.14. The van der Waals surface area contributed by atoms with E-state index in [-0.39, 0.29) is 12.5 Å². The average Bonchev–Trinajstić information content (AvgIpc) is 2.92. The second kappa shape index (κ2) is 9.12. The minimum atomic E-state index is -0.467. The number of hydrogen-bond acceptors (Lipinski definition) is 5. The van der Waals surface area contributed by atoms with Gasteiger partial charge in [0.2, 0.25) is 0 Å². The van der Waals surface area contributed by atoms with Gasteiger partial charge in [0.15, 0.2) is 0 Å². The minimum Gasteiger partial charge on any atom is -0.497 e. The normalized spacial score (nSPS) is 10.3. The molecule has 0 saturated heterocycles. The van der Waals surface area contributed by atoms with E-state index in [1.54, 1.807) is 56.7 Å². The first-order valence-corrected chi connectivity index (χ1v) is 8.90. The van der Waals surface area contributed by atoms with Gasteiger partial charge in [-0.15, -0.1) is 6.58 Å². The van der Waals surface area contributed by atoms with E-state index in [1.807, 2.05) is 0 Å². The number of nitrogens with one attached hydrogen (secondary N) is 1. The smallest absolute Gasteiger partial charge is 0.355 e. The molecule has 2 rings (SSSR count). The van der Waals surface area contributed by atoms with Crippen LogP contribution in [0.3, 0.4) is 0 Å². The summed E-state index contributed by atoms with van der Waals surface area (Å²) in [6.45, 7) is 9.64. The van der Waals surface area contributed by atoms with Crippen molar-refractivity contribution in [3.63, 3.8) is 0 Å². The van der Waals surface area contributed by atoms with Gasteiger partial charge in [-0.05, 0) is 38.5 Å². The molecule has 0 bridgehead atoms. The first-order chi connectivity index (χ1) is 13.4. The highest BCUT2D eigenvalue weighted by Crippen LogP contribution is 2.31. The quantitative estimate of drug-likeness (QED) is 0.552. The number of ether oxygens (including phenoxy) is 3. The van der Waals surface area contributed by atoms with Crippen LogP contribution in [0, 0.1) is 13.8 Å². The predicted octanol–water partition coefficient (Wildman–Crippen LogP) is 3.74. The summed E-state index contributed by atoms with van der Waals surface area (Å²) >= 11 is 0. The second-order valence-electron chi connectivity index (χ2n) is 6.07. The van der Waals surface area contributed by atoms with Crippen molar-refractivity contribution in [3.8, 4) is 11.5 Å². The highest BCUT2D eigenvalue weighted by molar-refractivity contribution is 6.09. The molecule has 7 nitrogen and oxygen atoms in total. The zero-order valence-electron chi connectivity index (χ0n) is 16.9.